The topological polar surface area (TPSA) is 70.2 Å². The highest BCUT2D eigenvalue weighted by Gasteiger charge is 2.16. The van der Waals surface area contributed by atoms with Crippen LogP contribution in [0.3, 0.4) is 0 Å². The molecule has 0 aliphatic carbocycles. The lowest BCUT2D eigenvalue weighted by Crippen LogP contribution is -2.41. The maximum Gasteiger partial charge on any atom is 0.315 e. The fraction of sp³-hybridized carbons (Fsp3) is 0.176. The zero-order chi connectivity index (χ0) is 19.3. The van der Waals surface area contributed by atoms with Crippen molar-refractivity contribution >= 4 is 33.6 Å². The van der Waals surface area contributed by atoms with E-state index in [0.29, 0.717) is 6.07 Å². The minimum Gasteiger partial charge on any atom is -0.332 e. The van der Waals surface area contributed by atoms with Gasteiger partial charge in [0.05, 0.1) is 18.3 Å². The third-order valence-corrected chi connectivity index (χ3v) is 4.16. The fourth-order valence-corrected chi connectivity index (χ4v) is 2.76. The molecule has 2 aromatic rings. The Hall–Kier alpha value is -2.55. The highest BCUT2D eigenvalue weighted by atomic mass is 79.9. The Balaban J connectivity index is 1.86. The molecule has 3 amide bonds. The largest absolute Gasteiger partial charge is 0.332 e. The first-order valence-corrected chi connectivity index (χ1v) is 8.31. The SMILES string of the molecule is CC(NC(=O)NCC(=O)Nc1ccc(F)c(F)c1F)c1ccccc1Br. The van der Waals surface area contributed by atoms with Crippen LogP contribution in [0, 0.1) is 17.5 Å². The van der Waals surface area contributed by atoms with E-state index in [-0.39, 0.29) is 6.04 Å². The van der Waals surface area contributed by atoms with Crippen molar-refractivity contribution in [2.75, 3.05) is 11.9 Å². The van der Waals surface area contributed by atoms with Crippen LogP contribution in [0.15, 0.2) is 40.9 Å². The van der Waals surface area contributed by atoms with Gasteiger partial charge < -0.3 is 16.0 Å². The number of urea groups is 1. The third-order valence-electron chi connectivity index (χ3n) is 3.44. The number of amides is 3. The molecular formula is C17H15BrF3N3O2. The van der Waals surface area contributed by atoms with Crippen molar-refractivity contribution in [2.24, 2.45) is 0 Å². The van der Waals surface area contributed by atoms with Crippen molar-refractivity contribution < 1.29 is 22.8 Å². The van der Waals surface area contributed by atoms with Crippen molar-refractivity contribution in [1.82, 2.24) is 10.6 Å². The second kappa shape index (κ2) is 8.70. The Morgan fingerprint density at radius 1 is 1.08 bits per heavy atom. The summed E-state index contributed by atoms with van der Waals surface area (Å²) in [5.74, 6) is -5.35. The van der Waals surface area contributed by atoms with E-state index in [1.54, 1.807) is 6.92 Å². The maximum atomic E-state index is 13.5. The van der Waals surface area contributed by atoms with Crippen molar-refractivity contribution in [3.05, 3.63) is 63.9 Å². The number of benzene rings is 2. The van der Waals surface area contributed by atoms with Crippen molar-refractivity contribution in [3.8, 4) is 0 Å². The third kappa shape index (κ3) is 4.98. The quantitative estimate of drug-likeness (QED) is 0.631. The fourth-order valence-electron chi connectivity index (χ4n) is 2.13. The van der Waals surface area contributed by atoms with Crippen molar-refractivity contribution in [1.29, 1.82) is 0 Å². The van der Waals surface area contributed by atoms with Crippen LogP contribution in [-0.4, -0.2) is 18.5 Å². The monoisotopic (exact) mass is 429 g/mol. The van der Waals surface area contributed by atoms with Gasteiger partial charge in [0, 0.05) is 4.47 Å². The number of carbonyl (C=O) groups excluding carboxylic acids is 2. The van der Waals surface area contributed by atoms with E-state index < -0.39 is 41.6 Å². The van der Waals surface area contributed by atoms with Crippen LogP contribution < -0.4 is 16.0 Å². The smallest absolute Gasteiger partial charge is 0.315 e. The summed E-state index contributed by atoms with van der Waals surface area (Å²) in [6.07, 6.45) is 0. The number of rotatable bonds is 5. The van der Waals surface area contributed by atoms with E-state index >= 15 is 0 Å². The van der Waals surface area contributed by atoms with Crippen molar-refractivity contribution in [2.45, 2.75) is 13.0 Å². The van der Waals surface area contributed by atoms with Crippen LogP contribution in [0.5, 0.6) is 0 Å². The Labute approximate surface area is 156 Å². The maximum absolute atomic E-state index is 13.5. The Kier molecular flexibility index (Phi) is 6.62. The van der Waals surface area contributed by atoms with Crippen LogP contribution in [-0.2, 0) is 4.79 Å². The van der Waals surface area contributed by atoms with Crippen LogP contribution in [0.25, 0.3) is 0 Å². The van der Waals surface area contributed by atoms with Gasteiger partial charge in [-0.1, -0.05) is 34.1 Å². The van der Waals surface area contributed by atoms with Gasteiger partial charge in [0.1, 0.15) is 0 Å². The summed E-state index contributed by atoms with van der Waals surface area (Å²) in [7, 11) is 0. The molecule has 1 unspecified atom stereocenters. The van der Waals surface area contributed by atoms with Gasteiger partial charge in [0.15, 0.2) is 17.5 Å². The highest BCUT2D eigenvalue weighted by molar-refractivity contribution is 9.10. The second-order valence-electron chi connectivity index (χ2n) is 5.34. The summed E-state index contributed by atoms with van der Waals surface area (Å²) in [4.78, 5) is 23.6. The summed E-state index contributed by atoms with van der Waals surface area (Å²) in [5, 5.41) is 7.00. The lowest BCUT2D eigenvalue weighted by molar-refractivity contribution is -0.115. The lowest BCUT2D eigenvalue weighted by atomic mass is 10.1. The number of hydrogen-bond donors (Lipinski definition) is 3. The predicted molar refractivity (Wildman–Crippen MR) is 94.0 cm³/mol. The predicted octanol–water partition coefficient (Wildman–Crippen LogP) is 3.87. The van der Waals surface area contributed by atoms with E-state index in [1.807, 2.05) is 24.3 Å². The molecule has 9 heteroatoms. The normalized spacial score (nSPS) is 11.6. The number of carbonyl (C=O) groups is 2. The molecule has 0 spiro atoms. The van der Waals surface area contributed by atoms with E-state index in [1.165, 1.54) is 0 Å². The molecule has 5 nitrogen and oxygen atoms in total. The van der Waals surface area contributed by atoms with Crippen LogP contribution in [0.1, 0.15) is 18.5 Å². The van der Waals surface area contributed by atoms with Gasteiger partial charge in [0.25, 0.3) is 0 Å². The number of anilines is 1. The van der Waals surface area contributed by atoms with E-state index in [2.05, 4.69) is 31.9 Å². The van der Waals surface area contributed by atoms with E-state index in [9.17, 15) is 22.8 Å². The molecule has 0 aliphatic rings. The Morgan fingerprint density at radius 2 is 1.77 bits per heavy atom. The first kappa shape index (κ1) is 19.8. The van der Waals surface area contributed by atoms with Gasteiger partial charge in [-0.2, -0.15) is 0 Å². The van der Waals surface area contributed by atoms with E-state index in [4.69, 9.17) is 0 Å². The second-order valence-corrected chi connectivity index (χ2v) is 6.20. The van der Waals surface area contributed by atoms with Crippen LogP contribution in [0.4, 0.5) is 23.7 Å². The minimum absolute atomic E-state index is 0.336. The summed E-state index contributed by atoms with van der Waals surface area (Å²) in [6.45, 7) is 1.28. The molecule has 0 saturated carbocycles. The van der Waals surface area contributed by atoms with Gasteiger partial charge in [0.2, 0.25) is 5.91 Å². The highest BCUT2D eigenvalue weighted by Crippen LogP contribution is 2.22. The molecule has 26 heavy (non-hydrogen) atoms. The zero-order valence-electron chi connectivity index (χ0n) is 13.6. The van der Waals surface area contributed by atoms with Crippen molar-refractivity contribution in [3.63, 3.8) is 0 Å². The number of hydrogen-bond acceptors (Lipinski definition) is 2. The van der Waals surface area contributed by atoms with Gasteiger partial charge >= 0.3 is 6.03 Å². The van der Waals surface area contributed by atoms with Crippen LogP contribution in [0.2, 0.25) is 0 Å². The molecule has 0 saturated heterocycles. The van der Waals surface area contributed by atoms with Gasteiger partial charge in [-0.05, 0) is 30.7 Å². The van der Waals surface area contributed by atoms with E-state index in [0.717, 1.165) is 16.1 Å². The minimum atomic E-state index is -1.68. The molecule has 0 radical (unpaired) electrons. The molecule has 0 bridgehead atoms. The Bertz CT molecular complexity index is 833. The molecule has 2 rings (SSSR count). The average Bonchev–Trinajstić information content (AvgIpc) is 2.61. The summed E-state index contributed by atoms with van der Waals surface area (Å²) >= 11 is 3.38. The molecule has 2 aromatic carbocycles. The summed E-state index contributed by atoms with van der Waals surface area (Å²) < 4.78 is 40.3. The summed E-state index contributed by atoms with van der Waals surface area (Å²) in [5.41, 5.74) is 0.327. The Morgan fingerprint density at radius 3 is 2.46 bits per heavy atom. The molecule has 0 aliphatic heterocycles. The molecule has 138 valence electrons. The van der Waals surface area contributed by atoms with Gasteiger partial charge in [-0.15, -0.1) is 0 Å². The zero-order valence-corrected chi connectivity index (χ0v) is 15.2. The summed E-state index contributed by atoms with van der Waals surface area (Å²) in [6, 6.07) is 7.94. The number of halogens is 4. The first-order valence-electron chi connectivity index (χ1n) is 7.51. The molecule has 3 N–H and O–H groups in total. The van der Waals surface area contributed by atoms with Gasteiger partial charge in [-0.3, -0.25) is 4.79 Å². The van der Waals surface area contributed by atoms with Gasteiger partial charge in [-0.25, -0.2) is 18.0 Å². The molecule has 0 aromatic heterocycles. The molecule has 0 fully saturated rings. The molecule has 1 atom stereocenters. The number of nitrogens with one attached hydrogen (secondary N) is 3. The lowest BCUT2D eigenvalue weighted by Gasteiger charge is -2.16. The average molecular weight is 430 g/mol. The first-order chi connectivity index (χ1) is 12.3. The molecule has 0 heterocycles. The van der Waals surface area contributed by atoms with Crippen LogP contribution >= 0.6 is 15.9 Å². The standard InChI is InChI=1S/C17H15BrF3N3O2/c1-9(10-4-2-3-5-11(10)18)23-17(26)22-8-14(25)24-13-7-6-12(19)15(20)16(13)21/h2-7,9H,8H2,1H3,(H,24,25)(H2,22,23,26). The molecular weight excluding hydrogens is 415 g/mol.